The summed E-state index contributed by atoms with van der Waals surface area (Å²) in [6.07, 6.45) is -0.580. The predicted molar refractivity (Wildman–Crippen MR) is 92.6 cm³/mol. The minimum Gasteiger partial charge on any atom is -0.497 e. The molecule has 7 heteroatoms. The molecule has 1 atom stereocenters. The molecule has 0 spiro atoms. The molecule has 1 heterocycles. The Morgan fingerprint density at radius 2 is 1.84 bits per heavy atom. The van der Waals surface area contributed by atoms with Crippen molar-refractivity contribution in [1.82, 2.24) is 9.80 Å². The first-order valence-electron chi connectivity index (χ1n) is 8.27. The average Bonchev–Trinajstić information content (AvgIpc) is 2.53. The molecule has 0 bridgehead atoms. The normalized spacial score (nSPS) is 18.7. The molecule has 1 aromatic carbocycles. The van der Waals surface area contributed by atoms with E-state index < -0.39 is 23.7 Å². The highest BCUT2D eigenvalue weighted by molar-refractivity contribution is 5.80. The van der Waals surface area contributed by atoms with Crippen molar-refractivity contribution in [2.45, 2.75) is 39.0 Å². The Balaban J connectivity index is 2.02. The number of carbonyl (C=O) groups is 2. The number of methoxy groups -OCH3 is 1. The molecule has 25 heavy (non-hydrogen) atoms. The maximum Gasteiger partial charge on any atom is 0.411 e. The number of nitrogens with zero attached hydrogens (tertiary/aromatic N) is 2. The number of carbonyl (C=O) groups excluding carboxylic acids is 1. The Bertz CT molecular complexity index is 609. The number of piperazine rings is 1. The Morgan fingerprint density at radius 3 is 2.36 bits per heavy atom. The van der Waals surface area contributed by atoms with Gasteiger partial charge in [0.15, 0.2) is 0 Å². The molecule has 0 aliphatic carbocycles. The maximum atomic E-state index is 12.3. The van der Waals surface area contributed by atoms with Gasteiger partial charge in [-0.2, -0.15) is 0 Å². The van der Waals surface area contributed by atoms with E-state index in [9.17, 15) is 14.7 Å². The minimum absolute atomic E-state index is 0.264. The lowest BCUT2D eigenvalue weighted by atomic mass is 10.1. The zero-order chi connectivity index (χ0) is 18.6. The van der Waals surface area contributed by atoms with Gasteiger partial charge in [0.25, 0.3) is 0 Å². The summed E-state index contributed by atoms with van der Waals surface area (Å²) in [6, 6.07) is 6.74. The quantitative estimate of drug-likeness (QED) is 0.897. The van der Waals surface area contributed by atoms with E-state index in [-0.39, 0.29) is 6.54 Å². The first kappa shape index (κ1) is 19.1. The van der Waals surface area contributed by atoms with Crippen LogP contribution in [0.1, 0.15) is 26.3 Å². The van der Waals surface area contributed by atoms with E-state index in [1.165, 1.54) is 4.90 Å². The van der Waals surface area contributed by atoms with Crippen molar-refractivity contribution in [2.75, 3.05) is 26.7 Å². The Kier molecular flexibility index (Phi) is 5.89. The monoisotopic (exact) mass is 350 g/mol. The van der Waals surface area contributed by atoms with Crippen molar-refractivity contribution in [3.05, 3.63) is 29.8 Å². The largest absolute Gasteiger partial charge is 0.497 e. The lowest BCUT2D eigenvalue weighted by molar-refractivity contribution is -0.145. The number of hydrogen-bond donors (Lipinski definition) is 1. The molecule has 1 fully saturated rings. The fourth-order valence-corrected chi connectivity index (χ4v) is 2.72. The van der Waals surface area contributed by atoms with Crippen molar-refractivity contribution >= 4 is 12.1 Å². The second-order valence-electron chi connectivity index (χ2n) is 7.11. The Hall–Kier alpha value is -2.28. The van der Waals surface area contributed by atoms with Gasteiger partial charge in [0.05, 0.1) is 7.11 Å². The van der Waals surface area contributed by atoms with E-state index in [1.807, 2.05) is 29.2 Å². The van der Waals surface area contributed by atoms with E-state index in [0.29, 0.717) is 19.6 Å². The topological polar surface area (TPSA) is 79.3 Å². The number of carboxylic acids is 1. The number of amides is 1. The second kappa shape index (κ2) is 7.74. The third kappa shape index (κ3) is 5.35. The molecule has 1 saturated heterocycles. The smallest absolute Gasteiger partial charge is 0.411 e. The standard InChI is InChI=1S/C18H26N2O5/c1-18(2,3)25-17(23)20-10-9-19(12-15(20)16(21)22)11-13-5-7-14(24-4)8-6-13/h5-8,15H,9-12H2,1-4H3,(H,21,22). The number of benzene rings is 1. The van der Waals surface area contributed by atoms with Crippen LogP contribution in [-0.4, -0.2) is 65.4 Å². The molecule has 7 nitrogen and oxygen atoms in total. The van der Waals surface area contributed by atoms with Crippen LogP contribution in [0.3, 0.4) is 0 Å². The number of rotatable bonds is 4. The number of hydrogen-bond acceptors (Lipinski definition) is 5. The average molecular weight is 350 g/mol. The summed E-state index contributed by atoms with van der Waals surface area (Å²) in [5, 5.41) is 9.52. The van der Waals surface area contributed by atoms with Gasteiger partial charge in [-0.15, -0.1) is 0 Å². The summed E-state index contributed by atoms with van der Waals surface area (Å²) in [4.78, 5) is 27.2. The highest BCUT2D eigenvalue weighted by Gasteiger charge is 2.37. The summed E-state index contributed by atoms with van der Waals surface area (Å²) < 4.78 is 10.5. The highest BCUT2D eigenvalue weighted by atomic mass is 16.6. The molecule has 1 aliphatic rings. The minimum atomic E-state index is -1.02. The summed E-state index contributed by atoms with van der Waals surface area (Å²) in [5.41, 5.74) is 0.413. The van der Waals surface area contributed by atoms with E-state index in [1.54, 1.807) is 27.9 Å². The van der Waals surface area contributed by atoms with Crippen LogP contribution in [0.15, 0.2) is 24.3 Å². The molecule has 1 aliphatic heterocycles. The third-order valence-corrected chi connectivity index (χ3v) is 3.94. The first-order chi connectivity index (χ1) is 11.7. The molecule has 1 amide bonds. The molecule has 138 valence electrons. The van der Waals surface area contributed by atoms with E-state index in [4.69, 9.17) is 9.47 Å². The van der Waals surface area contributed by atoms with Gasteiger partial charge in [-0.1, -0.05) is 12.1 Å². The number of ether oxygens (including phenoxy) is 2. The van der Waals surface area contributed by atoms with E-state index >= 15 is 0 Å². The van der Waals surface area contributed by atoms with Gasteiger partial charge >= 0.3 is 12.1 Å². The zero-order valence-corrected chi connectivity index (χ0v) is 15.2. The predicted octanol–water partition coefficient (Wildman–Crippen LogP) is 2.20. The van der Waals surface area contributed by atoms with Crippen LogP contribution < -0.4 is 4.74 Å². The van der Waals surface area contributed by atoms with Crippen LogP contribution >= 0.6 is 0 Å². The van der Waals surface area contributed by atoms with Gasteiger partial charge in [0.2, 0.25) is 0 Å². The van der Waals surface area contributed by atoms with Gasteiger partial charge in [-0.25, -0.2) is 9.59 Å². The third-order valence-electron chi connectivity index (χ3n) is 3.94. The van der Waals surface area contributed by atoms with Gasteiger partial charge in [0.1, 0.15) is 17.4 Å². The first-order valence-corrected chi connectivity index (χ1v) is 8.27. The molecule has 0 saturated carbocycles. The van der Waals surface area contributed by atoms with Crippen LogP contribution in [0, 0.1) is 0 Å². The van der Waals surface area contributed by atoms with Crippen molar-refractivity contribution in [3.63, 3.8) is 0 Å². The fourth-order valence-electron chi connectivity index (χ4n) is 2.72. The fraction of sp³-hybridized carbons (Fsp3) is 0.556. The van der Waals surface area contributed by atoms with E-state index in [0.717, 1.165) is 11.3 Å². The molecule has 0 aromatic heterocycles. The molecular formula is C18H26N2O5. The van der Waals surface area contributed by atoms with Crippen molar-refractivity contribution in [2.24, 2.45) is 0 Å². The van der Waals surface area contributed by atoms with Gasteiger partial charge in [-0.3, -0.25) is 9.80 Å². The van der Waals surface area contributed by atoms with Crippen LogP contribution in [0.5, 0.6) is 5.75 Å². The lowest BCUT2D eigenvalue weighted by Gasteiger charge is -2.39. The van der Waals surface area contributed by atoms with Crippen LogP contribution in [0.2, 0.25) is 0 Å². The van der Waals surface area contributed by atoms with E-state index in [2.05, 4.69) is 0 Å². The number of aliphatic carboxylic acids is 1. The Morgan fingerprint density at radius 1 is 1.20 bits per heavy atom. The molecule has 2 rings (SSSR count). The molecule has 1 N–H and O–H groups in total. The summed E-state index contributed by atoms with van der Waals surface area (Å²) >= 11 is 0. The van der Waals surface area contributed by atoms with Crippen LogP contribution in [0.25, 0.3) is 0 Å². The zero-order valence-electron chi connectivity index (χ0n) is 15.2. The SMILES string of the molecule is COc1ccc(CN2CCN(C(=O)OC(C)(C)C)C(C(=O)O)C2)cc1. The van der Waals surface area contributed by atoms with Crippen LogP contribution in [0.4, 0.5) is 4.79 Å². The summed E-state index contributed by atoms with van der Waals surface area (Å²) in [5.74, 6) is -0.243. The van der Waals surface area contributed by atoms with Gasteiger partial charge < -0.3 is 14.6 Å². The second-order valence-corrected chi connectivity index (χ2v) is 7.11. The molecule has 1 unspecified atom stereocenters. The van der Waals surface area contributed by atoms with Crippen molar-refractivity contribution in [3.8, 4) is 5.75 Å². The molecule has 0 radical (unpaired) electrons. The van der Waals surface area contributed by atoms with Gasteiger partial charge in [-0.05, 0) is 38.5 Å². The van der Waals surface area contributed by atoms with Crippen molar-refractivity contribution in [1.29, 1.82) is 0 Å². The van der Waals surface area contributed by atoms with Crippen LogP contribution in [-0.2, 0) is 16.1 Å². The van der Waals surface area contributed by atoms with Crippen molar-refractivity contribution < 1.29 is 24.2 Å². The lowest BCUT2D eigenvalue weighted by Crippen LogP contribution is -2.58. The van der Waals surface area contributed by atoms with Gasteiger partial charge in [0, 0.05) is 26.2 Å². The highest BCUT2D eigenvalue weighted by Crippen LogP contribution is 2.19. The summed E-state index contributed by atoms with van der Waals surface area (Å²) in [6.45, 7) is 7.09. The Labute approximate surface area is 148 Å². The summed E-state index contributed by atoms with van der Waals surface area (Å²) in [7, 11) is 1.61. The molecule has 1 aromatic rings. The molecular weight excluding hydrogens is 324 g/mol. The maximum absolute atomic E-state index is 12.3. The number of carboxylic acid groups (broad SMARTS) is 1.